The Labute approximate surface area is 165 Å². The van der Waals surface area contributed by atoms with Crippen molar-refractivity contribution in [2.45, 2.75) is 25.9 Å². The summed E-state index contributed by atoms with van der Waals surface area (Å²) in [4.78, 5) is 25.1. The van der Waals surface area contributed by atoms with Crippen molar-refractivity contribution >= 4 is 11.8 Å². The van der Waals surface area contributed by atoms with Crippen LogP contribution in [0.5, 0.6) is 0 Å². The maximum Gasteiger partial charge on any atom is 0.251 e. The summed E-state index contributed by atoms with van der Waals surface area (Å²) < 4.78 is 0. The molecule has 3 aromatic rings. The highest BCUT2D eigenvalue weighted by Crippen LogP contribution is 2.17. The van der Waals surface area contributed by atoms with E-state index in [4.69, 9.17) is 0 Å². The zero-order chi connectivity index (χ0) is 19.8. The molecule has 0 radical (unpaired) electrons. The van der Waals surface area contributed by atoms with E-state index in [9.17, 15) is 9.59 Å². The molecule has 0 aliphatic carbocycles. The number of aryl methyl sites for hydroxylation is 1. The molecule has 142 valence electrons. The van der Waals surface area contributed by atoms with E-state index in [0.29, 0.717) is 12.1 Å². The molecule has 28 heavy (non-hydrogen) atoms. The van der Waals surface area contributed by atoms with E-state index >= 15 is 0 Å². The van der Waals surface area contributed by atoms with Crippen molar-refractivity contribution in [2.24, 2.45) is 0 Å². The Hall–Kier alpha value is -3.40. The normalized spacial score (nSPS) is 11.5. The highest BCUT2D eigenvalue weighted by Gasteiger charge is 2.19. The summed E-state index contributed by atoms with van der Waals surface area (Å²) in [5, 5.41) is 5.94. The quantitative estimate of drug-likeness (QED) is 0.654. The zero-order valence-electron chi connectivity index (χ0n) is 15.9. The standard InChI is InChI=1S/C24H24N2O2/c1-18-9-8-10-19(15-18)17-25-23(27)16-22(20-11-4-2-5-12-20)26-24(28)21-13-6-3-7-14-21/h2-15,22H,16-17H2,1H3,(H,25,27)(H,26,28). The molecular weight excluding hydrogens is 348 g/mol. The molecule has 0 heterocycles. The third-order valence-electron chi connectivity index (χ3n) is 4.50. The van der Waals surface area contributed by atoms with Gasteiger partial charge in [0.2, 0.25) is 5.91 Å². The van der Waals surface area contributed by atoms with Gasteiger partial charge in [-0.1, -0.05) is 78.4 Å². The molecule has 0 saturated heterocycles. The third kappa shape index (κ3) is 5.55. The van der Waals surface area contributed by atoms with Crippen LogP contribution in [0.1, 0.15) is 39.5 Å². The maximum atomic E-state index is 12.6. The first-order chi connectivity index (χ1) is 13.6. The summed E-state index contributed by atoms with van der Waals surface area (Å²) in [5.74, 6) is -0.301. The minimum atomic E-state index is -0.397. The average Bonchev–Trinajstić information content (AvgIpc) is 2.73. The lowest BCUT2D eigenvalue weighted by Crippen LogP contribution is -2.33. The average molecular weight is 372 g/mol. The van der Waals surface area contributed by atoms with Gasteiger partial charge in [-0.05, 0) is 30.2 Å². The summed E-state index contributed by atoms with van der Waals surface area (Å²) in [6.45, 7) is 2.49. The van der Waals surface area contributed by atoms with E-state index in [1.54, 1.807) is 12.1 Å². The first kappa shape index (κ1) is 19.4. The van der Waals surface area contributed by atoms with Crippen LogP contribution in [0.4, 0.5) is 0 Å². The van der Waals surface area contributed by atoms with Crippen molar-refractivity contribution < 1.29 is 9.59 Å². The molecule has 4 heteroatoms. The second-order valence-corrected chi connectivity index (χ2v) is 6.77. The van der Waals surface area contributed by atoms with E-state index in [0.717, 1.165) is 16.7 Å². The summed E-state index contributed by atoms with van der Waals surface area (Å²) >= 11 is 0. The van der Waals surface area contributed by atoms with Gasteiger partial charge in [0.05, 0.1) is 12.5 Å². The number of hydrogen-bond donors (Lipinski definition) is 2. The molecule has 0 fully saturated rings. The molecule has 1 atom stereocenters. The summed E-state index contributed by atoms with van der Waals surface area (Å²) in [6, 6.07) is 26.2. The molecule has 0 saturated carbocycles. The first-order valence-corrected chi connectivity index (χ1v) is 9.35. The predicted octanol–water partition coefficient (Wildman–Crippen LogP) is 4.17. The van der Waals surface area contributed by atoms with Crippen molar-refractivity contribution in [3.8, 4) is 0 Å². The fourth-order valence-electron chi connectivity index (χ4n) is 3.05. The lowest BCUT2D eigenvalue weighted by Gasteiger charge is -2.19. The number of amides is 2. The third-order valence-corrected chi connectivity index (χ3v) is 4.50. The van der Waals surface area contributed by atoms with Crippen LogP contribution in [0.3, 0.4) is 0 Å². The molecule has 0 spiro atoms. The van der Waals surface area contributed by atoms with E-state index < -0.39 is 6.04 Å². The monoisotopic (exact) mass is 372 g/mol. The van der Waals surface area contributed by atoms with Gasteiger partial charge >= 0.3 is 0 Å². The van der Waals surface area contributed by atoms with Crippen molar-refractivity contribution in [2.75, 3.05) is 0 Å². The molecule has 3 rings (SSSR count). The van der Waals surface area contributed by atoms with E-state index in [1.807, 2.05) is 79.7 Å². The van der Waals surface area contributed by atoms with Gasteiger partial charge in [0.15, 0.2) is 0 Å². The fourth-order valence-corrected chi connectivity index (χ4v) is 3.05. The summed E-state index contributed by atoms with van der Waals surface area (Å²) in [7, 11) is 0. The van der Waals surface area contributed by atoms with E-state index in [-0.39, 0.29) is 18.2 Å². The highest BCUT2D eigenvalue weighted by atomic mass is 16.2. The minimum absolute atomic E-state index is 0.108. The number of carbonyl (C=O) groups is 2. The lowest BCUT2D eigenvalue weighted by atomic mass is 10.0. The lowest BCUT2D eigenvalue weighted by molar-refractivity contribution is -0.121. The fraction of sp³-hybridized carbons (Fsp3) is 0.167. The Balaban J connectivity index is 1.67. The Morgan fingerprint density at radius 3 is 2.21 bits per heavy atom. The van der Waals surface area contributed by atoms with Crippen LogP contribution in [0.25, 0.3) is 0 Å². The molecule has 2 amide bonds. The van der Waals surface area contributed by atoms with Crippen LogP contribution in [-0.4, -0.2) is 11.8 Å². The SMILES string of the molecule is Cc1cccc(CNC(=O)CC(NC(=O)c2ccccc2)c2ccccc2)c1. The molecule has 3 aromatic carbocycles. The Kier molecular flexibility index (Phi) is 6.58. The van der Waals surface area contributed by atoms with E-state index in [2.05, 4.69) is 10.6 Å². The molecule has 4 nitrogen and oxygen atoms in total. The van der Waals surface area contributed by atoms with Crippen LogP contribution >= 0.6 is 0 Å². The Morgan fingerprint density at radius 2 is 1.54 bits per heavy atom. The molecule has 0 aliphatic heterocycles. The molecule has 1 unspecified atom stereocenters. The van der Waals surface area contributed by atoms with Crippen LogP contribution in [0, 0.1) is 6.92 Å². The van der Waals surface area contributed by atoms with Gasteiger partial charge in [-0.15, -0.1) is 0 Å². The molecule has 0 bridgehead atoms. The smallest absolute Gasteiger partial charge is 0.251 e. The molecule has 2 N–H and O–H groups in total. The second kappa shape index (κ2) is 9.51. The maximum absolute atomic E-state index is 12.6. The Morgan fingerprint density at radius 1 is 0.857 bits per heavy atom. The summed E-state index contributed by atoms with van der Waals surface area (Å²) in [5.41, 5.74) is 3.68. The number of hydrogen-bond acceptors (Lipinski definition) is 2. The summed E-state index contributed by atoms with van der Waals surface area (Å²) in [6.07, 6.45) is 0.175. The largest absolute Gasteiger partial charge is 0.352 e. The van der Waals surface area contributed by atoms with Gasteiger partial charge in [0.1, 0.15) is 0 Å². The van der Waals surface area contributed by atoms with Gasteiger partial charge in [-0.25, -0.2) is 0 Å². The van der Waals surface area contributed by atoms with Crippen LogP contribution in [0.15, 0.2) is 84.9 Å². The van der Waals surface area contributed by atoms with Crippen LogP contribution < -0.4 is 10.6 Å². The van der Waals surface area contributed by atoms with Gasteiger partial charge in [0.25, 0.3) is 5.91 Å². The second-order valence-electron chi connectivity index (χ2n) is 6.77. The highest BCUT2D eigenvalue weighted by molar-refractivity contribution is 5.94. The number of carbonyl (C=O) groups excluding carboxylic acids is 2. The van der Waals surface area contributed by atoms with Gasteiger partial charge in [-0.2, -0.15) is 0 Å². The zero-order valence-corrected chi connectivity index (χ0v) is 15.9. The first-order valence-electron chi connectivity index (χ1n) is 9.35. The number of nitrogens with one attached hydrogen (secondary N) is 2. The predicted molar refractivity (Wildman–Crippen MR) is 111 cm³/mol. The van der Waals surface area contributed by atoms with Crippen molar-refractivity contribution in [3.05, 3.63) is 107 Å². The molecule has 0 aliphatic rings. The van der Waals surface area contributed by atoms with E-state index in [1.165, 1.54) is 0 Å². The minimum Gasteiger partial charge on any atom is -0.352 e. The number of rotatable bonds is 7. The van der Waals surface area contributed by atoms with Gasteiger partial charge in [-0.3, -0.25) is 9.59 Å². The van der Waals surface area contributed by atoms with Gasteiger partial charge in [0, 0.05) is 12.1 Å². The van der Waals surface area contributed by atoms with Gasteiger partial charge < -0.3 is 10.6 Å². The van der Waals surface area contributed by atoms with Crippen molar-refractivity contribution in [1.29, 1.82) is 0 Å². The molecule has 0 aromatic heterocycles. The number of benzene rings is 3. The topological polar surface area (TPSA) is 58.2 Å². The Bertz CT molecular complexity index is 924. The van der Waals surface area contributed by atoms with Crippen molar-refractivity contribution in [1.82, 2.24) is 10.6 Å². The van der Waals surface area contributed by atoms with Crippen molar-refractivity contribution in [3.63, 3.8) is 0 Å². The van der Waals surface area contributed by atoms with Crippen LogP contribution in [0.2, 0.25) is 0 Å². The van der Waals surface area contributed by atoms with Crippen LogP contribution in [-0.2, 0) is 11.3 Å². The molecular formula is C24H24N2O2.